The molecule has 0 aliphatic carbocycles. The highest BCUT2D eigenvalue weighted by Gasteiger charge is 2.33. The van der Waals surface area contributed by atoms with E-state index in [0.29, 0.717) is 19.5 Å². The SMILES string of the molecule is C#CCN(CCC)C(=O)N1CCCCC1C(=O)O. The molecule has 0 saturated carbocycles. The van der Waals surface area contributed by atoms with Gasteiger partial charge < -0.3 is 14.9 Å². The lowest BCUT2D eigenvalue weighted by Crippen LogP contribution is -2.53. The van der Waals surface area contributed by atoms with Crippen molar-refractivity contribution in [2.75, 3.05) is 19.6 Å². The molecule has 1 rings (SSSR count). The van der Waals surface area contributed by atoms with E-state index in [1.54, 1.807) is 4.90 Å². The zero-order valence-electron chi connectivity index (χ0n) is 10.8. The van der Waals surface area contributed by atoms with Crippen LogP contribution >= 0.6 is 0 Å². The minimum atomic E-state index is -0.930. The highest BCUT2D eigenvalue weighted by molar-refractivity contribution is 5.83. The molecule has 0 radical (unpaired) electrons. The number of urea groups is 1. The highest BCUT2D eigenvalue weighted by atomic mass is 16.4. The molecular weight excluding hydrogens is 232 g/mol. The second kappa shape index (κ2) is 6.90. The molecule has 1 aliphatic heterocycles. The van der Waals surface area contributed by atoms with Gasteiger partial charge in [0.1, 0.15) is 6.04 Å². The number of likely N-dealkylation sites (tertiary alicyclic amines) is 1. The van der Waals surface area contributed by atoms with E-state index in [1.807, 2.05) is 6.92 Å². The molecule has 1 aliphatic rings. The van der Waals surface area contributed by atoms with Gasteiger partial charge in [0, 0.05) is 13.1 Å². The normalized spacial score (nSPS) is 19.1. The lowest BCUT2D eigenvalue weighted by Gasteiger charge is -2.36. The number of terminal acetylenes is 1. The molecule has 0 bridgehead atoms. The second-order valence-electron chi connectivity index (χ2n) is 4.45. The topological polar surface area (TPSA) is 60.9 Å². The van der Waals surface area contributed by atoms with Crippen LogP contribution in [0.2, 0.25) is 0 Å². The number of aliphatic carboxylic acids is 1. The van der Waals surface area contributed by atoms with Crippen molar-refractivity contribution in [2.45, 2.75) is 38.6 Å². The van der Waals surface area contributed by atoms with Gasteiger partial charge in [-0.1, -0.05) is 12.8 Å². The minimum absolute atomic E-state index is 0.232. The molecular formula is C13H20N2O3. The van der Waals surface area contributed by atoms with E-state index < -0.39 is 12.0 Å². The summed E-state index contributed by atoms with van der Waals surface area (Å²) in [5.74, 6) is 1.52. The van der Waals surface area contributed by atoms with Gasteiger partial charge in [-0.2, -0.15) is 0 Å². The molecule has 0 aromatic carbocycles. The Balaban J connectivity index is 2.77. The number of hydrogen-bond donors (Lipinski definition) is 1. The number of rotatable bonds is 4. The minimum Gasteiger partial charge on any atom is -0.480 e. The van der Waals surface area contributed by atoms with Gasteiger partial charge in [-0.3, -0.25) is 0 Å². The Hall–Kier alpha value is -1.70. The molecule has 1 heterocycles. The molecule has 5 heteroatoms. The molecule has 18 heavy (non-hydrogen) atoms. The summed E-state index contributed by atoms with van der Waals surface area (Å²) >= 11 is 0. The summed E-state index contributed by atoms with van der Waals surface area (Å²) in [5.41, 5.74) is 0. The molecule has 2 amide bonds. The van der Waals surface area contributed by atoms with Crippen LogP contribution in [0, 0.1) is 12.3 Å². The molecule has 0 aromatic rings. The fourth-order valence-corrected chi connectivity index (χ4v) is 2.22. The third-order valence-electron chi connectivity index (χ3n) is 3.08. The van der Waals surface area contributed by atoms with Crippen LogP contribution in [0.25, 0.3) is 0 Å². The number of nitrogens with zero attached hydrogens (tertiary/aromatic N) is 2. The molecule has 0 spiro atoms. The fraction of sp³-hybridized carbons (Fsp3) is 0.692. The first-order valence-electron chi connectivity index (χ1n) is 6.33. The average molecular weight is 252 g/mol. The molecule has 0 aromatic heterocycles. The Morgan fingerprint density at radius 2 is 2.22 bits per heavy atom. The Kier molecular flexibility index (Phi) is 5.50. The van der Waals surface area contributed by atoms with E-state index in [1.165, 1.54) is 4.90 Å². The largest absolute Gasteiger partial charge is 0.480 e. The van der Waals surface area contributed by atoms with E-state index in [9.17, 15) is 9.59 Å². The Morgan fingerprint density at radius 3 is 2.78 bits per heavy atom. The van der Waals surface area contributed by atoms with Gasteiger partial charge in [-0.25, -0.2) is 9.59 Å². The maximum Gasteiger partial charge on any atom is 0.326 e. The zero-order chi connectivity index (χ0) is 13.5. The van der Waals surface area contributed by atoms with E-state index >= 15 is 0 Å². The van der Waals surface area contributed by atoms with Gasteiger partial charge in [-0.05, 0) is 25.7 Å². The number of amides is 2. The summed E-state index contributed by atoms with van der Waals surface area (Å²) in [6, 6.07) is -0.953. The Morgan fingerprint density at radius 1 is 1.50 bits per heavy atom. The number of piperidine rings is 1. The molecule has 1 atom stereocenters. The van der Waals surface area contributed by atoms with Gasteiger partial charge in [-0.15, -0.1) is 6.42 Å². The van der Waals surface area contributed by atoms with Crippen molar-refractivity contribution in [1.29, 1.82) is 0 Å². The summed E-state index contributed by atoms with van der Waals surface area (Å²) in [6.07, 6.45) is 8.28. The van der Waals surface area contributed by atoms with Crippen LogP contribution < -0.4 is 0 Å². The number of hydrogen-bond acceptors (Lipinski definition) is 2. The molecule has 1 N–H and O–H groups in total. The predicted octanol–water partition coefficient (Wildman–Crippen LogP) is 1.39. The summed E-state index contributed by atoms with van der Waals surface area (Å²) < 4.78 is 0. The van der Waals surface area contributed by atoms with Crippen LogP contribution in [-0.2, 0) is 4.79 Å². The Bertz CT molecular complexity index is 349. The zero-order valence-corrected chi connectivity index (χ0v) is 10.8. The summed E-state index contributed by atoms with van der Waals surface area (Å²) in [6.45, 7) is 3.25. The first-order chi connectivity index (χ1) is 8.61. The van der Waals surface area contributed by atoms with Crippen molar-refractivity contribution in [3.8, 4) is 12.3 Å². The van der Waals surface area contributed by atoms with E-state index in [2.05, 4.69) is 5.92 Å². The third-order valence-corrected chi connectivity index (χ3v) is 3.08. The van der Waals surface area contributed by atoms with Crippen molar-refractivity contribution < 1.29 is 14.7 Å². The number of carbonyl (C=O) groups excluding carboxylic acids is 1. The molecule has 1 saturated heterocycles. The average Bonchev–Trinajstić information content (AvgIpc) is 2.37. The highest BCUT2D eigenvalue weighted by Crippen LogP contribution is 2.19. The third kappa shape index (κ3) is 3.39. The maximum absolute atomic E-state index is 12.3. The smallest absolute Gasteiger partial charge is 0.326 e. The second-order valence-corrected chi connectivity index (χ2v) is 4.45. The van der Waals surface area contributed by atoms with Crippen molar-refractivity contribution in [3.63, 3.8) is 0 Å². The van der Waals surface area contributed by atoms with Gasteiger partial charge in [0.2, 0.25) is 0 Å². The van der Waals surface area contributed by atoms with Crippen molar-refractivity contribution in [3.05, 3.63) is 0 Å². The first-order valence-corrected chi connectivity index (χ1v) is 6.33. The number of carboxylic acids is 1. The van der Waals surface area contributed by atoms with Gasteiger partial charge in [0.05, 0.1) is 6.54 Å². The monoisotopic (exact) mass is 252 g/mol. The van der Waals surface area contributed by atoms with E-state index in [0.717, 1.165) is 19.3 Å². The predicted molar refractivity (Wildman–Crippen MR) is 68.1 cm³/mol. The maximum atomic E-state index is 12.3. The lowest BCUT2D eigenvalue weighted by atomic mass is 10.0. The summed E-state index contributed by atoms with van der Waals surface area (Å²) in [7, 11) is 0. The summed E-state index contributed by atoms with van der Waals surface area (Å²) in [4.78, 5) is 26.4. The van der Waals surface area contributed by atoms with Crippen LogP contribution in [-0.4, -0.2) is 52.6 Å². The molecule has 100 valence electrons. The van der Waals surface area contributed by atoms with Gasteiger partial charge in [0.25, 0.3) is 0 Å². The lowest BCUT2D eigenvalue weighted by molar-refractivity contribution is -0.143. The first kappa shape index (κ1) is 14.4. The quantitative estimate of drug-likeness (QED) is 0.769. The number of carboxylic acid groups (broad SMARTS) is 1. The summed E-state index contributed by atoms with van der Waals surface area (Å²) in [5, 5.41) is 9.15. The van der Waals surface area contributed by atoms with Gasteiger partial charge in [0.15, 0.2) is 0 Å². The molecule has 1 fully saturated rings. The fourth-order valence-electron chi connectivity index (χ4n) is 2.22. The molecule has 5 nitrogen and oxygen atoms in total. The van der Waals surface area contributed by atoms with Gasteiger partial charge >= 0.3 is 12.0 Å². The van der Waals surface area contributed by atoms with Crippen LogP contribution in [0.4, 0.5) is 4.79 Å². The molecule has 1 unspecified atom stereocenters. The standard InChI is InChI=1S/C13H20N2O3/c1-3-8-14(9-4-2)13(18)15-10-6-5-7-11(15)12(16)17/h1,11H,4-10H2,2H3,(H,16,17). The van der Waals surface area contributed by atoms with Crippen LogP contribution in [0.1, 0.15) is 32.6 Å². The van der Waals surface area contributed by atoms with Crippen molar-refractivity contribution in [2.24, 2.45) is 0 Å². The van der Waals surface area contributed by atoms with Crippen molar-refractivity contribution in [1.82, 2.24) is 9.80 Å². The van der Waals surface area contributed by atoms with Crippen molar-refractivity contribution >= 4 is 12.0 Å². The Labute approximate surface area is 108 Å². The van der Waals surface area contributed by atoms with Crippen LogP contribution in [0.3, 0.4) is 0 Å². The van der Waals surface area contributed by atoms with Crippen LogP contribution in [0.5, 0.6) is 0 Å². The van der Waals surface area contributed by atoms with E-state index in [-0.39, 0.29) is 12.6 Å². The van der Waals surface area contributed by atoms with Crippen LogP contribution in [0.15, 0.2) is 0 Å². The van der Waals surface area contributed by atoms with E-state index in [4.69, 9.17) is 11.5 Å². The number of carbonyl (C=O) groups is 2.